The number of halogens is 2. The van der Waals surface area contributed by atoms with Crippen molar-refractivity contribution >= 4 is 11.8 Å². The highest BCUT2D eigenvalue weighted by atomic mass is 19.1. The van der Waals surface area contributed by atoms with E-state index in [0.29, 0.717) is 38.0 Å². The number of rotatable bonds is 3. The maximum absolute atomic E-state index is 13.8. The predicted molar refractivity (Wildman–Crippen MR) is 93.6 cm³/mol. The Morgan fingerprint density at radius 3 is 2.58 bits per heavy atom. The minimum Gasteiger partial charge on any atom is -0.353 e. The van der Waals surface area contributed by atoms with Crippen molar-refractivity contribution in [1.29, 1.82) is 0 Å². The minimum atomic E-state index is -0.852. The second kappa shape index (κ2) is 8.12. The number of nitrogens with one attached hydrogen (secondary N) is 2. The molecule has 1 aromatic rings. The Bertz CT molecular complexity index is 675. The highest BCUT2D eigenvalue weighted by molar-refractivity contribution is 5.94. The van der Waals surface area contributed by atoms with Crippen LogP contribution >= 0.6 is 0 Å². The van der Waals surface area contributed by atoms with Crippen LogP contribution in [0.3, 0.4) is 0 Å². The average molecular weight is 365 g/mol. The molecule has 1 aromatic carbocycles. The fraction of sp³-hybridized carbons (Fsp3) is 0.579. The van der Waals surface area contributed by atoms with Crippen LogP contribution in [0.25, 0.3) is 0 Å². The highest BCUT2D eigenvalue weighted by Gasteiger charge is 2.30. The van der Waals surface area contributed by atoms with Crippen LogP contribution in [0.15, 0.2) is 18.2 Å². The number of amides is 2. The maximum atomic E-state index is 13.8. The Morgan fingerprint density at radius 2 is 1.92 bits per heavy atom. The second-order valence-corrected chi connectivity index (χ2v) is 7.28. The van der Waals surface area contributed by atoms with Gasteiger partial charge in [0.1, 0.15) is 11.6 Å². The van der Waals surface area contributed by atoms with Crippen molar-refractivity contribution in [2.75, 3.05) is 19.6 Å². The molecule has 0 aliphatic carbocycles. The largest absolute Gasteiger partial charge is 0.353 e. The van der Waals surface area contributed by atoms with Gasteiger partial charge in [-0.05, 0) is 51.3 Å². The van der Waals surface area contributed by atoms with Gasteiger partial charge < -0.3 is 15.5 Å². The molecule has 5 nitrogen and oxygen atoms in total. The molecule has 0 saturated carbocycles. The van der Waals surface area contributed by atoms with Crippen molar-refractivity contribution in [1.82, 2.24) is 15.5 Å². The van der Waals surface area contributed by atoms with Gasteiger partial charge >= 0.3 is 0 Å². The third kappa shape index (κ3) is 4.38. The summed E-state index contributed by atoms with van der Waals surface area (Å²) in [4.78, 5) is 26.4. The van der Waals surface area contributed by atoms with Gasteiger partial charge in [0.25, 0.3) is 5.91 Å². The van der Waals surface area contributed by atoms with Gasteiger partial charge in [-0.25, -0.2) is 8.78 Å². The van der Waals surface area contributed by atoms with Crippen LogP contribution in [0.1, 0.15) is 43.0 Å². The summed E-state index contributed by atoms with van der Waals surface area (Å²) < 4.78 is 26.8. The summed E-state index contributed by atoms with van der Waals surface area (Å²) in [6, 6.07) is 3.57. The molecule has 0 aromatic heterocycles. The molecule has 2 fully saturated rings. The lowest BCUT2D eigenvalue weighted by atomic mass is 9.93. The van der Waals surface area contributed by atoms with Gasteiger partial charge in [-0.1, -0.05) is 0 Å². The van der Waals surface area contributed by atoms with E-state index in [4.69, 9.17) is 0 Å². The predicted octanol–water partition coefficient (Wildman–Crippen LogP) is 2.07. The zero-order valence-corrected chi connectivity index (χ0v) is 14.9. The molecular formula is C19H25F2N3O2. The number of carbonyl (C=O) groups excluding carboxylic acids is 2. The average Bonchev–Trinajstić information content (AvgIpc) is 2.61. The summed E-state index contributed by atoms with van der Waals surface area (Å²) in [6.45, 7) is 3.81. The number of hydrogen-bond acceptors (Lipinski definition) is 3. The Balaban J connectivity index is 1.52. The van der Waals surface area contributed by atoms with Crippen LogP contribution in [-0.4, -0.2) is 48.4 Å². The molecule has 2 saturated heterocycles. The highest BCUT2D eigenvalue weighted by Crippen LogP contribution is 2.21. The van der Waals surface area contributed by atoms with Gasteiger partial charge in [-0.3, -0.25) is 9.59 Å². The summed E-state index contributed by atoms with van der Waals surface area (Å²) in [5.74, 6) is -2.09. The molecule has 26 heavy (non-hydrogen) atoms. The van der Waals surface area contributed by atoms with E-state index in [-0.39, 0.29) is 23.4 Å². The summed E-state index contributed by atoms with van der Waals surface area (Å²) in [5, 5.41) is 6.48. The normalized spacial score (nSPS) is 24.3. The number of hydrogen-bond donors (Lipinski definition) is 2. The fourth-order valence-corrected chi connectivity index (χ4v) is 3.76. The van der Waals surface area contributed by atoms with Crippen molar-refractivity contribution in [3.05, 3.63) is 35.4 Å². The molecule has 0 radical (unpaired) electrons. The van der Waals surface area contributed by atoms with Crippen molar-refractivity contribution in [2.24, 2.45) is 5.92 Å². The number of nitrogens with zero attached hydrogens (tertiary/aromatic N) is 1. The standard InChI is InChI=1S/C19H25F2N3O2/c1-12-10-15(4-7-22-12)23-18(25)13-5-8-24(9-6-13)19(26)16-3-2-14(20)11-17(16)21/h2-3,11-13,15,22H,4-10H2,1H3,(H,23,25). The van der Waals surface area contributed by atoms with E-state index in [1.54, 1.807) is 0 Å². The first-order valence-electron chi connectivity index (χ1n) is 9.22. The fourth-order valence-electron chi connectivity index (χ4n) is 3.76. The molecule has 0 spiro atoms. The number of benzene rings is 1. The summed E-state index contributed by atoms with van der Waals surface area (Å²) >= 11 is 0. The van der Waals surface area contributed by atoms with Crippen LogP contribution in [0.5, 0.6) is 0 Å². The van der Waals surface area contributed by atoms with E-state index < -0.39 is 17.5 Å². The van der Waals surface area contributed by atoms with Crippen molar-refractivity contribution in [2.45, 2.75) is 44.7 Å². The number of carbonyl (C=O) groups is 2. The monoisotopic (exact) mass is 365 g/mol. The minimum absolute atomic E-state index is 0.0455. The summed E-state index contributed by atoms with van der Waals surface area (Å²) in [6.07, 6.45) is 2.96. The Kier molecular flexibility index (Phi) is 5.86. The molecule has 2 unspecified atom stereocenters. The summed E-state index contributed by atoms with van der Waals surface area (Å²) in [7, 11) is 0. The van der Waals surface area contributed by atoms with Crippen LogP contribution in [0, 0.1) is 17.6 Å². The molecule has 2 aliphatic heterocycles. The second-order valence-electron chi connectivity index (χ2n) is 7.28. The molecule has 2 N–H and O–H groups in total. The lowest BCUT2D eigenvalue weighted by molar-refractivity contribution is -0.127. The van der Waals surface area contributed by atoms with Crippen LogP contribution in [0.4, 0.5) is 8.78 Å². The first-order valence-corrected chi connectivity index (χ1v) is 9.22. The van der Waals surface area contributed by atoms with Crippen LogP contribution in [-0.2, 0) is 4.79 Å². The molecule has 142 valence electrons. The first kappa shape index (κ1) is 18.8. The molecule has 2 atom stereocenters. The number of likely N-dealkylation sites (tertiary alicyclic amines) is 1. The topological polar surface area (TPSA) is 61.4 Å². The van der Waals surface area contributed by atoms with Gasteiger partial charge in [-0.2, -0.15) is 0 Å². The van der Waals surface area contributed by atoms with Gasteiger partial charge in [0.15, 0.2) is 0 Å². The SMILES string of the molecule is CC1CC(NC(=O)C2CCN(C(=O)c3ccc(F)cc3F)CC2)CCN1. The molecule has 2 aliphatic rings. The van der Waals surface area contributed by atoms with E-state index in [2.05, 4.69) is 17.6 Å². The molecule has 7 heteroatoms. The third-order valence-corrected chi connectivity index (χ3v) is 5.28. The molecule has 0 bridgehead atoms. The van der Waals surface area contributed by atoms with E-state index in [0.717, 1.165) is 25.5 Å². The molecule has 2 amide bonds. The summed E-state index contributed by atoms with van der Waals surface area (Å²) in [5.41, 5.74) is -0.127. The Morgan fingerprint density at radius 1 is 1.19 bits per heavy atom. The van der Waals surface area contributed by atoms with Gasteiger partial charge in [0.05, 0.1) is 5.56 Å². The first-order chi connectivity index (χ1) is 12.4. The van der Waals surface area contributed by atoms with Crippen molar-refractivity contribution < 1.29 is 18.4 Å². The molecular weight excluding hydrogens is 340 g/mol. The van der Waals surface area contributed by atoms with Gasteiger partial charge in [0, 0.05) is 37.2 Å². The smallest absolute Gasteiger partial charge is 0.256 e. The van der Waals surface area contributed by atoms with Gasteiger partial charge in [0.2, 0.25) is 5.91 Å². The van der Waals surface area contributed by atoms with Gasteiger partial charge in [-0.15, -0.1) is 0 Å². The third-order valence-electron chi connectivity index (χ3n) is 5.28. The van der Waals surface area contributed by atoms with Crippen molar-refractivity contribution in [3.8, 4) is 0 Å². The van der Waals surface area contributed by atoms with E-state index in [1.165, 1.54) is 11.0 Å². The van der Waals surface area contributed by atoms with Crippen molar-refractivity contribution in [3.63, 3.8) is 0 Å². The Labute approximate surface area is 152 Å². The zero-order chi connectivity index (χ0) is 18.7. The zero-order valence-electron chi connectivity index (χ0n) is 14.9. The lowest BCUT2D eigenvalue weighted by Gasteiger charge is -2.34. The Hall–Kier alpha value is -2.02. The molecule has 3 rings (SSSR count). The number of piperidine rings is 2. The lowest BCUT2D eigenvalue weighted by Crippen LogP contribution is -2.49. The molecule has 2 heterocycles. The maximum Gasteiger partial charge on any atom is 0.256 e. The van der Waals surface area contributed by atoms with Crippen LogP contribution in [0.2, 0.25) is 0 Å². The van der Waals surface area contributed by atoms with E-state index >= 15 is 0 Å². The van der Waals surface area contributed by atoms with E-state index in [1.807, 2.05) is 0 Å². The van der Waals surface area contributed by atoms with E-state index in [9.17, 15) is 18.4 Å². The van der Waals surface area contributed by atoms with Crippen LogP contribution < -0.4 is 10.6 Å². The quantitative estimate of drug-likeness (QED) is 0.862.